The van der Waals surface area contributed by atoms with E-state index in [-0.39, 0.29) is 0 Å². The molecule has 4 aromatic rings. The number of halogens is 1. The number of aromatic nitrogens is 4. The third-order valence-electron chi connectivity index (χ3n) is 8.80. The van der Waals surface area contributed by atoms with Crippen molar-refractivity contribution in [3.8, 4) is 5.75 Å². The first-order valence-electron chi connectivity index (χ1n) is 15.0. The number of nitrogens with zero attached hydrogens (tertiary/aromatic N) is 7. The molecule has 0 spiro atoms. The molecule has 0 amide bonds. The predicted molar refractivity (Wildman–Crippen MR) is 186 cm³/mol. The molecule has 0 aliphatic carbocycles. The highest BCUT2D eigenvalue weighted by molar-refractivity contribution is 9.10. The van der Waals surface area contributed by atoms with Crippen molar-refractivity contribution >= 4 is 68.9 Å². The highest BCUT2D eigenvalue weighted by Gasteiger charge is 2.35. The zero-order valence-electron chi connectivity index (χ0n) is 26.3. The van der Waals surface area contributed by atoms with Crippen LogP contribution in [0.25, 0.3) is 10.9 Å². The highest BCUT2D eigenvalue weighted by Crippen LogP contribution is 2.38. The molecule has 2 fully saturated rings. The Morgan fingerprint density at radius 3 is 2.50 bits per heavy atom. The normalized spacial score (nSPS) is 16.5. The minimum Gasteiger partial charge on any atom is -0.494 e. The molecule has 0 radical (unpaired) electrons. The van der Waals surface area contributed by atoms with Crippen LogP contribution in [0.5, 0.6) is 5.75 Å². The second-order valence-corrected chi connectivity index (χ2v) is 15.2. The van der Waals surface area contributed by atoms with E-state index >= 15 is 0 Å². The van der Waals surface area contributed by atoms with Crippen molar-refractivity contribution in [1.82, 2.24) is 29.7 Å². The number of likely N-dealkylation sites (N-methyl/N-ethyl adjacent to an activating group) is 1. The van der Waals surface area contributed by atoms with E-state index in [0.29, 0.717) is 23.8 Å². The van der Waals surface area contributed by atoms with Gasteiger partial charge in [-0.1, -0.05) is 7.92 Å². The van der Waals surface area contributed by atoms with E-state index in [0.717, 1.165) is 45.6 Å². The molecule has 0 unspecified atom stereocenters. The SMILES string of the molecule is COc1cc(N2CCC(N3CC(N(C)C)C3)CC2)c(C)cc1Nc1ncc(Br)c(Nc2ccc3cncnc3c2P(C)C)n1. The van der Waals surface area contributed by atoms with Gasteiger partial charge in [0.05, 0.1) is 22.8 Å². The van der Waals surface area contributed by atoms with Crippen LogP contribution in [0.1, 0.15) is 18.4 Å². The van der Waals surface area contributed by atoms with Crippen LogP contribution in [0.3, 0.4) is 0 Å². The van der Waals surface area contributed by atoms with Crippen LogP contribution in [-0.4, -0.2) is 103 Å². The first-order chi connectivity index (χ1) is 21.2. The van der Waals surface area contributed by atoms with Crippen LogP contribution in [0.2, 0.25) is 0 Å². The Morgan fingerprint density at radius 2 is 1.80 bits per heavy atom. The number of piperidine rings is 1. The molecule has 232 valence electrons. The van der Waals surface area contributed by atoms with E-state index in [2.05, 4.69) is 109 Å². The fraction of sp³-hybridized carbons (Fsp3) is 0.438. The maximum atomic E-state index is 5.86. The van der Waals surface area contributed by atoms with Crippen molar-refractivity contribution in [2.75, 3.05) is 76.2 Å². The van der Waals surface area contributed by atoms with Gasteiger partial charge in [-0.05, 0) is 86.9 Å². The molecule has 2 aromatic carbocycles. The largest absolute Gasteiger partial charge is 0.494 e. The summed E-state index contributed by atoms with van der Waals surface area (Å²) in [5.74, 6) is 1.92. The second-order valence-electron chi connectivity index (χ2n) is 12.1. The monoisotopic (exact) mass is 677 g/mol. The topological polar surface area (TPSA) is 94.6 Å². The highest BCUT2D eigenvalue weighted by atomic mass is 79.9. The molecule has 2 aliphatic rings. The van der Waals surface area contributed by atoms with E-state index in [4.69, 9.17) is 9.72 Å². The van der Waals surface area contributed by atoms with Gasteiger partial charge in [-0.15, -0.1) is 0 Å². The zero-order valence-corrected chi connectivity index (χ0v) is 28.8. The number of hydrogen-bond acceptors (Lipinski definition) is 10. The quantitative estimate of drug-likeness (QED) is 0.219. The maximum absolute atomic E-state index is 5.86. The summed E-state index contributed by atoms with van der Waals surface area (Å²) in [5, 5.41) is 9.15. The Hall–Kier alpha value is -3.11. The predicted octanol–water partition coefficient (Wildman–Crippen LogP) is 5.57. The molecule has 2 saturated heterocycles. The lowest BCUT2D eigenvalue weighted by atomic mass is 9.96. The third kappa shape index (κ3) is 6.33. The number of nitrogens with one attached hydrogen (secondary N) is 2. The molecule has 10 nitrogen and oxygen atoms in total. The molecule has 0 saturated carbocycles. The summed E-state index contributed by atoms with van der Waals surface area (Å²) in [6.07, 6.45) is 7.60. The van der Waals surface area contributed by atoms with E-state index in [9.17, 15) is 0 Å². The van der Waals surface area contributed by atoms with Gasteiger partial charge in [0.2, 0.25) is 5.95 Å². The number of aryl methyl sites for hydroxylation is 1. The molecule has 2 aromatic heterocycles. The molecular formula is C32H41BrN9OP. The molecule has 0 bridgehead atoms. The van der Waals surface area contributed by atoms with Gasteiger partial charge in [0.1, 0.15) is 17.9 Å². The lowest BCUT2D eigenvalue weighted by Crippen LogP contribution is -2.62. The van der Waals surface area contributed by atoms with Crippen LogP contribution >= 0.6 is 23.9 Å². The van der Waals surface area contributed by atoms with Crippen LogP contribution in [0.15, 0.2) is 47.5 Å². The zero-order chi connectivity index (χ0) is 31.0. The minimum atomic E-state index is -0.449. The maximum Gasteiger partial charge on any atom is 0.229 e. The number of rotatable bonds is 9. The first kappa shape index (κ1) is 30.9. The standard InChI is InChI=1S/C32H41BrN9OP/c1-20-13-26(28(43-4)14-27(20)41-11-9-22(10-12-41)42-17-23(18-42)40(2)3)38-32-35-16-24(33)31(39-32)37-25-8-7-21-15-34-19-36-29(21)30(25)44(5)6/h7-8,13-16,19,22-23H,9-12,17-18H2,1-6H3,(H2,35,37,38,39). The van der Waals surface area contributed by atoms with Crippen LogP contribution < -0.4 is 25.6 Å². The Balaban J connectivity index is 1.18. The number of likely N-dealkylation sites (tertiary alicyclic amines) is 1. The number of benzene rings is 2. The fourth-order valence-electron chi connectivity index (χ4n) is 6.23. The smallest absolute Gasteiger partial charge is 0.229 e. The summed E-state index contributed by atoms with van der Waals surface area (Å²) in [7, 11) is 5.63. The average molecular weight is 679 g/mol. The number of methoxy groups -OCH3 is 1. The molecule has 2 aliphatic heterocycles. The van der Waals surface area contributed by atoms with Gasteiger partial charge in [0.15, 0.2) is 0 Å². The van der Waals surface area contributed by atoms with Crippen LogP contribution in [0, 0.1) is 6.92 Å². The molecule has 4 heterocycles. The van der Waals surface area contributed by atoms with Crippen molar-refractivity contribution in [3.05, 3.63) is 53.0 Å². The fourth-order valence-corrected chi connectivity index (χ4v) is 7.74. The van der Waals surface area contributed by atoms with Crippen LogP contribution in [-0.2, 0) is 0 Å². The van der Waals surface area contributed by atoms with Gasteiger partial charge in [-0.25, -0.2) is 15.0 Å². The number of fused-ring (bicyclic) bond motifs is 1. The van der Waals surface area contributed by atoms with E-state index in [1.54, 1.807) is 19.6 Å². The van der Waals surface area contributed by atoms with E-state index < -0.39 is 7.92 Å². The van der Waals surface area contributed by atoms with Gasteiger partial charge >= 0.3 is 0 Å². The molecule has 0 atom stereocenters. The Labute approximate surface area is 269 Å². The Morgan fingerprint density at radius 1 is 1.02 bits per heavy atom. The van der Waals surface area contributed by atoms with Crippen molar-refractivity contribution in [1.29, 1.82) is 0 Å². The summed E-state index contributed by atoms with van der Waals surface area (Å²) < 4.78 is 6.63. The summed E-state index contributed by atoms with van der Waals surface area (Å²) in [4.78, 5) is 25.7. The molecule has 44 heavy (non-hydrogen) atoms. The van der Waals surface area contributed by atoms with Crippen molar-refractivity contribution < 1.29 is 4.74 Å². The minimum absolute atomic E-state index is 0.449. The number of ether oxygens (including phenoxy) is 1. The Bertz CT molecular complexity index is 1640. The lowest BCUT2D eigenvalue weighted by molar-refractivity contribution is 0.0188. The summed E-state index contributed by atoms with van der Waals surface area (Å²) in [5.41, 5.74) is 5.20. The van der Waals surface area contributed by atoms with E-state index in [1.807, 2.05) is 12.3 Å². The van der Waals surface area contributed by atoms with Gasteiger partial charge < -0.3 is 25.2 Å². The molecule has 6 rings (SSSR count). The Kier molecular flexibility index (Phi) is 9.19. The first-order valence-corrected chi connectivity index (χ1v) is 18.1. The second kappa shape index (κ2) is 13.1. The molecule has 2 N–H and O–H groups in total. The van der Waals surface area contributed by atoms with Gasteiger partial charge in [0.25, 0.3) is 0 Å². The summed E-state index contributed by atoms with van der Waals surface area (Å²) >= 11 is 3.64. The van der Waals surface area contributed by atoms with Crippen molar-refractivity contribution in [3.63, 3.8) is 0 Å². The van der Waals surface area contributed by atoms with Gasteiger partial charge in [-0.3, -0.25) is 4.90 Å². The van der Waals surface area contributed by atoms with Crippen molar-refractivity contribution in [2.45, 2.75) is 31.8 Å². The molecule has 12 heteroatoms. The van der Waals surface area contributed by atoms with Crippen LogP contribution in [0.4, 0.5) is 28.8 Å². The van der Waals surface area contributed by atoms with Gasteiger partial charge in [-0.2, -0.15) is 4.98 Å². The number of anilines is 5. The lowest BCUT2D eigenvalue weighted by Gasteiger charge is -2.49. The van der Waals surface area contributed by atoms with Gasteiger partial charge in [0, 0.05) is 78.8 Å². The molecular weight excluding hydrogens is 637 g/mol. The average Bonchev–Trinajstić information content (AvgIpc) is 2.98. The van der Waals surface area contributed by atoms with Crippen molar-refractivity contribution in [2.24, 2.45) is 0 Å². The summed E-state index contributed by atoms with van der Waals surface area (Å²) in [6, 6.07) is 9.78. The van der Waals surface area contributed by atoms with E-state index in [1.165, 1.54) is 42.5 Å². The summed E-state index contributed by atoms with van der Waals surface area (Å²) in [6.45, 7) is 11.1. The third-order valence-corrected chi connectivity index (χ3v) is 10.7. The number of hydrogen-bond donors (Lipinski definition) is 2.